The van der Waals surface area contributed by atoms with E-state index in [-0.39, 0.29) is 5.92 Å². The lowest BCUT2D eigenvalue weighted by atomic mass is 9.84. The molecule has 1 saturated heterocycles. The average Bonchev–Trinajstić information content (AvgIpc) is 2.52. The van der Waals surface area contributed by atoms with Crippen LogP contribution in [0, 0.1) is 12.8 Å². The zero-order valence-electron chi connectivity index (χ0n) is 14.2. The third kappa shape index (κ3) is 3.77. The summed E-state index contributed by atoms with van der Waals surface area (Å²) >= 11 is 0. The minimum absolute atomic E-state index is 0.259. The summed E-state index contributed by atoms with van der Waals surface area (Å²) in [5, 5.41) is 10.3. The Morgan fingerprint density at radius 3 is 2.70 bits per heavy atom. The summed E-state index contributed by atoms with van der Waals surface area (Å²) < 4.78 is 0. The Morgan fingerprint density at radius 1 is 1.26 bits per heavy atom. The van der Waals surface area contributed by atoms with Crippen molar-refractivity contribution in [3.05, 3.63) is 47.9 Å². The number of nitrogens with zero attached hydrogens (tertiary/aromatic N) is 3. The first-order chi connectivity index (χ1) is 10.9. The lowest BCUT2D eigenvalue weighted by Gasteiger charge is -2.40. The van der Waals surface area contributed by atoms with E-state index in [1.807, 2.05) is 38.1 Å². The van der Waals surface area contributed by atoms with Crippen LogP contribution in [0.4, 0.5) is 0 Å². The molecule has 23 heavy (non-hydrogen) atoms. The maximum Gasteiger partial charge on any atom is 0.143 e. The van der Waals surface area contributed by atoms with Gasteiger partial charge in [-0.2, -0.15) is 0 Å². The van der Waals surface area contributed by atoms with Crippen molar-refractivity contribution in [2.24, 2.45) is 5.92 Å². The predicted molar refractivity (Wildman–Crippen MR) is 91.9 cm³/mol. The fourth-order valence-electron chi connectivity index (χ4n) is 3.11. The van der Waals surface area contributed by atoms with Crippen LogP contribution < -0.4 is 0 Å². The minimum atomic E-state index is -0.556. The molecule has 0 bridgehead atoms. The van der Waals surface area contributed by atoms with Gasteiger partial charge in [0.25, 0.3) is 0 Å². The van der Waals surface area contributed by atoms with Crippen molar-refractivity contribution in [2.45, 2.75) is 39.3 Å². The van der Waals surface area contributed by atoms with Gasteiger partial charge in [0.2, 0.25) is 0 Å². The van der Waals surface area contributed by atoms with Crippen molar-refractivity contribution >= 4 is 0 Å². The molecule has 3 rings (SSSR count). The third-order valence-electron chi connectivity index (χ3n) is 4.86. The molecule has 2 atom stereocenters. The van der Waals surface area contributed by atoms with Gasteiger partial charge in [-0.25, -0.2) is 9.97 Å². The van der Waals surface area contributed by atoms with Crippen LogP contribution in [0.5, 0.6) is 0 Å². The highest BCUT2D eigenvalue weighted by atomic mass is 16.3. The van der Waals surface area contributed by atoms with Crippen LogP contribution in [0.2, 0.25) is 0 Å². The van der Waals surface area contributed by atoms with Crippen molar-refractivity contribution < 1.29 is 5.11 Å². The van der Waals surface area contributed by atoms with Gasteiger partial charge in [0.15, 0.2) is 0 Å². The molecule has 0 aliphatic carbocycles. The maximum atomic E-state index is 10.3. The first-order valence-corrected chi connectivity index (χ1v) is 8.29. The topological polar surface area (TPSA) is 49.2 Å². The van der Waals surface area contributed by atoms with Gasteiger partial charge in [0.1, 0.15) is 5.82 Å². The van der Waals surface area contributed by atoms with Crippen LogP contribution in [0.25, 0.3) is 11.3 Å². The maximum absolute atomic E-state index is 10.3. The average molecular weight is 311 g/mol. The van der Waals surface area contributed by atoms with Crippen molar-refractivity contribution in [1.29, 1.82) is 0 Å². The number of benzene rings is 1. The zero-order valence-corrected chi connectivity index (χ0v) is 14.2. The van der Waals surface area contributed by atoms with Gasteiger partial charge in [-0.15, -0.1) is 0 Å². The van der Waals surface area contributed by atoms with Crippen LogP contribution in [-0.4, -0.2) is 38.7 Å². The Kier molecular flexibility index (Phi) is 4.46. The second-order valence-corrected chi connectivity index (χ2v) is 6.92. The molecular weight excluding hydrogens is 286 g/mol. The van der Waals surface area contributed by atoms with E-state index in [9.17, 15) is 5.11 Å². The van der Waals surface area contributed by atoms with E-state index in [0.29, 0.717) is 0 Å². The number of rotatable bonds is 3. The van der Waals surface area contributed by atoms with Gasteiger partial charge in [-0.1, -0.05) is 37.3 Å². The fraction of sp³-hybridized carbons (Fsp3) is 0.474. The van der Waals surface area contributed by atoms with E-state index in [1.165, 1.54) is 0 Å². The molecule has 1 fully saturated rings. The molecule has 1 aliphatic heterocycles. The van der Waals surface area contributed by atoms with Crippen LogP contribution >= 0.6 is 0 Å². The summed E-state index contributed by atoms with van der Waals surface area (Å²) in [5.74, 6) is 1.12. The monoisotopic (exact) mass is 311 g/mol. The van der Waals surface area contributed by atoms with E-state index in [2.05, 4.69) is 28.9 Å². The SMILES string of the molecule is Cc1cc(-c2ccccc2)nc(CN2CC[C@](C)(O)[C@H](C)C2)n1. The van der Waals surface area contributed by atoms with Gasteiger partial charge >= 0.3 is 0 Å². The molecule has 4 heteroatoms. The number of aryl methyl sites for hydroxylation is 1. The Bertz CT molecular complexity index is 670. The van der Waals surface area contributed by atoms with Crippen LogP contribution in [-0.2, 0) is 6.54 Å². The van der Waals surface area contributed by atoms with Crippen molar-refractivity contribution in [1.82, 2.24) is 14.9 Å². The second kappa shape index (κ2) is 6.38. The summed E-state index contributed by atoms with van der Waals surface area (Å²) in [6.45, 7) is 8.56. The molecule has 2 aromatic rings. The second-order valence-electron chi connectivity index (χ2n) is 6.92. The van der Waals surface area contributed by atoms with E-state index >= 15 is 0 Å². The van der Waals surface area contributed by atoms with Gasteiger partial charge in [0.05, 0.1) is 17.8 Å². The van der Waals surface area contributed by atoms with Crippen molar-refractivity contribution in [2.75, 3.05) is 13.1 Å². The van der Waals surface area contributed by atoms with Gasteiger partial charge in [-0.3, -0.25) is 4.90 Å². The highest BCUT2D eigenvalue weighted by Crippen LogP contribution is 2.28. The lowest BCUT2D eigenvalue weighted by molar-refractivity contribution is -0.0528. The third-order valence-corrected chi connectivity index (χ3v) is 4.86. The van der Waals surface area contributed by atoms with Crippen LogP contribution in [0.3, 0.4) is 0 Å². The number of hydrogen-bond donors (Lipinski definition) is 1. The molecule has 0 amide bonds. The highest BCUT2D eigenvalue weighted by molar-refractivity contribution is 5.58. The number of piperidine rings is 1. The van der Waals surface area contributed by atoms with E-state index in [0.717, 1.165) is 48.8 Å². The summed E-state index contributed by atoms with van der Waals surface area (Å²) in [6, 6.07) is 12.3. The Morgan fingerprint density at radius 2 is 2.00 bits per heavy atom. The molecule has 0 spiro atoms. The van der Waals surface area contributed by atoms with E-state index in [1.54, 1.807) is 0 Å². The lowest BCUT2D eigenvalue weighted by Crippen LogP contribution is -2.48. The first kappa shape index (κ1) is 16.1. The largest absolute Gasteiger partial charge is 0.390 e. The molecule has 122 valence electrons. The molecule has 0 saturated carbocycles. The number of likely N-dealkylation sites (tertiary alicyclic amines) is 1. The minimum Gasteiger partial charge on any atom is -0.390 e. The summed E-state index contributed by atoms with van der Waals surface area (Å²) in [5.41, 5.74) is 2.53. The predicted octanol–water partition coefficient (Wildman–Crippen LogP) is 3.04. The zero-order chi connectivity index (χ0) is 16.4. The number of hydrogen-bond acceptors (Lipinski definition) is 4. The molecule has 4 nitrogen and oxygen atoms in total. The van der Waals surface area contributed by atoms with Crippen molar-refractivity contribution in [3.8, 4) is 11.3 Å². The molecule has 1 aromatic heterocycles. The van der Waals surface area contributed by atoms with Gasteiger partial charge in [0, 0.05) is 24.3 Å². The molecule has 1 aromatic carbocycles. The normalized spacial score (nSPS) is 25.5. The van der Waals surface area contributed by atoms with Gasteiger partial charge in [-0.05, 0) is 32.3 Å². The Balaban J connectivity index is 1.78. The summed E-state index contributed by atoms with van der Waals surface area (Å²) in [7, 11) is 0. The Hall–Kier alpha value is -1.78. The fourth-order valence-corrected chi connectivity index (χ4v) is 3.11. The van der Waals surface area contributed by atoms with Crippen LogP contribution in [0.15, 0.2) is 36.4 Å². The molecule has 1 N–H and O–H groups in total. The molecule has 2 heterocycles. The van der Waals surface area contributed by atoms with Crippen molar-refractivity contribution in [3.63, 3.8) is 0 Å². The number of aromatic nitrogens is 2. The summed E-state index contributed by atoms with van der Waals surface area (Å²) in [6.07, 6.45) is 0.797. The number of aliphatic hydroxyl groups is 1. The van der Waals surface area contributed by atoms with Gasteiger partial charge < -0.3 is 5.11 Å². The quantitative estimate of drug-likeness (QED) is 0.946. The standard InChI is InChI=1S/C19H25N3O/c1-14-12-22(10-9-19(14,3)23)13-18-20-15(2)11-17(21-18)16-7-5-4-6-8-16/h4-8,11,14,23H,9-10,12-13H2,1-3H3/t14-,19+/m1/s1. The molecule has 0 radical (unpaired) electrons. The molecular formula is C19H25N3O. The van der Waals surface area contributed by atoms with Crippen LogP contribution in [0.1, 0.15) is 31.8 Å². The first-order valence-electron chi connectivity index (χ1n) is 8.29. The molecule has 0 unspecified atom stereocenters. The smallest absolute Gasteiger partial charge is 0.143 e. The Labute approximate surface area is 138 Å². The van der Waals surface area contributed by atoms with E-state index in [4.69, 9.17) is 4.98 Å². The van der Waals surface area contributed by atoms with E-state index < -0.39 is 5.60 Å². The highest BCUT2D eigenvalue weighted by Gasteiger charge is 2.34. The summed E-state index contributed by atoms with van der Waals surface area (Å²) in [4.78, 5) is 11.7. The molecule has 1 aliphatic rings.